The molecule has 0 spiro atoms. The van der Waals surface area contributed by atoms with E-state index in [1.165, 1.54) is 11.3 Å². The molecule has 0 atom stereocenters. The fraction of sp³-hybridized carbons (Fsp3) is 0.412. The van der Waals surface area contributed by atoms with Crippen molar-refractivity contribution in [3.63, 3.8) is 0 Å². The number of piperidine rings is 1. The molecule has 134 valence electrons. The molecular weight excluding hydrogens is 358 g/mol. The van der Waals surface area contributed by atoms with Gasteiger partial charge in [0.25, 0.3) is 15.9 Å². The summed E-state index contributed by atoms with van der Waals surface area (Å²) in [5, 5.41) is 2.77. The maximum atomic E-state index is 12.7. The zero-order valence-corrected chi connectivity index (χ0v) is 15.6. The van der Waals surface area contributed by atoms with Gasteiger partial charge in [-0.3, -0.25) is 9.78 Å². The number of aromatic nitrogens is 1. The monoisotopic (exact) mass is 379 g/mol. The molecule has 0 aliphatic carbocycles. The topological polar surface area (TPSA) is 79.4 Å². The maximum Gasteiger partial charge on any atom is 0.270 e. The van der Waals surface area contributed by atoms with Gasteiger partial charge in [0.1, 0.15) is 9.90 Å². The minimum absolute atomic E-state index is 0.275. The van der Waals surface area contributed by atoms with Crippen LogP contribution in [0.4, 0.5) is 0 Å². The van der Waals surface area contributed by atoms with E-state index in [1.807, 2.05) is 0 Å². The minimum atomic E-state index is -3.43. The lowest BCUT2D eigenvalue weighted by Gasteiger charge is -2.28. The molecule has 2 aromatic rings. The van der Waals surface area contributed by atoms with Gasteiger partial charge in [-0.05, 0) is 43.0 Å². The van der Waals surface area contributed by atoms with Gasteiger partial charge in [0.05, 0.1) is 6.54 Å². The second-order valence-corrected chi connectivity index (χ2v) is 9.54. The molecule has 1 amide bonds. The third-order valence-corrected chi connectivity index (χ3v) is 7.75. The van der Waals surface area contributed by atoms with Crippen LogP contribution in [0.15, 0.2) is 40.7 Å². The highest BCUT2D eigenvalue weighted by Gasteiger charge is 2.29. The van der Waals surface area contributed by atoms with E-state index in [1.54, 1.807) is 40.8 Å². The zero-order chi connectivity index (χ0) is 17.9. The second-order valence-electron chi connectivity index (χ2n) is 6.21. The first-order valence-electron chi connectivity index (χ1n) is 8.25. The summed E-state index contributed by atoms with van der Waals surface area (Å²) in [6.07, 6.45) is 3.36. The average molecular weight is 380 g/mol. The van der Waals surface area contributed by atoms with Crippen molar-refractivity contribution in [3.8, 4) is 0 Å². The maximum absolute atomic E-state index is 12.7. The van der Waals surface area contributed by atoms with Gasteiger partial charge >= 0.3 is 0 Å². The number of thiophene rings is 1. The molecule has 0 radical (unpaired) electrons. The van der Waals surface area contributed by atoms with E-state index < -0.39 is 10.0 Å². The first-order chi connectivity index (χ1) is 12.0. The van der Waals surface area contributed by atoms with E-state index in [4.69, 9.17) is 0 Å². The largest absolute Gasteiger partial charge is 0.346 e. The van der Waals surface area contributed by atoms with E-state index in [-0.39, 0.29) is 12.5 Å². The summed E-state index contributed by atoms with van der Waals surface area (Å²) in [5.74, 6) is 0.301. The Kier molecular flexibility index (Phi) is 5.51. The molecule has 0 aromatic carbocycles. The molecule has 2 aromatic heterocycles. The predicted molar refractivity (Wildman–Crippen MR) is 96.9 cm³/mol. The number of nitrogens with one attached hydrogen (secondary N) is 1. The van der Waals surface area contributed by atoms with Crippen LogP contribution in [0.3, 0.4) is 0 Å². The number of carbonyl (C=O) groups excluding carboxylic acids is 1. The quantitative estimate of drug-likeness (QED) is 0.866. The summed E-state index contributed by atoms with van der Waals surface area (Å²) in [6, 6.07) is 8.51. The number of pyridine rings is 1. The van der Waals surface area contributed by atoms with Gasteiger partial charge in [-0.25, -0.2) is 8.42 Å². The van der Waals surface area contributed by atoms with Crippen molar-refractivity contribution in [1.82, 2.24) is 14.6 Å². The van der Waals surface area contributed by atoms with E-state index in [0.29, 0.717) is 28.9 Å². The second kappa shape index (κ2) is 7.63. The normalized spacial score (nSPS) is 16.7. The molecule has 0 unspecified atom stereocenters. The predicted octanol–water partition coefficient (Wildman–Crippen LogP) is 2.49. The van der Waals surface area contributed by atoms with Gasteiger partial charge in [-0.15, -0.1) is 11.3 Å². The third kappa shape index (κ3) is 4.26. The smallest absolute Gasteiger partial charge is 0.270 e. The number of hydrogen-bond acceptors (Lipinski definition) is 5. The number of amides is 1. The van der Waals surface area contributed by atoms with E-state index >= 15 is 0 Å². The summed E-state index contributed by atoms with van der Waals surface area (Å²) < 4.78 is 27.3. The Labute approximate surface area is 151 Å². The molecule has 25 heavy (non-hydrogen) atoms. The Morgan fingerprint density at radius 1 is 1.28 bits per heavy atom. The molecule has 0 bridgehead atoms. The van der Waals surface area contributed by atoms with Gasteiger partial charge in [-0.2, -0.15) is 4.31 Å². The van der Waals surface area contributed by atoms with Crippen molar-refractivity contribution in [2.75, 3.05) is 13.1 Å². The third-order valence-electron chi connectivity index (χ3n) is 4.29. The van der Waals surface area contributed by atoms with Crippen molar-refractivity contribution in [2.45, 2.75) is 30.5 Å². The number of sulfonamides is 1. The molecule has 3 heterocycles. The molecule has 8 heteroatoms. The molecule has 1 aliphatic rings. The number of nitrogens with zero attached hydrogens (tertiary/aromatic N) is 2. The van der Waals surface area contributed by atoms with Crippen LogP contribution in [0, 0.1) is 5.92 Å². The van der Waals surface area contributed by atoms with E-state index in [9.17, 15) is 13.2 Å². The molecule has 1 N–H and O–H groups in total. The summed E-state index contributed by atoms with van der Waals surface area (Å²) in [4.78, 5) is 16.8. The van der Waals surface area contributed by atoms with Gasteiger partial charge in [0.2, 0.25) is 0 Å². The molecular formula is C17H21N3O3S2. The van der Waals surface area contributed by atoms with Crippen LogP contribution in [0.1, 0.15) is 35.1 Å². The van der Waals surface area contributed by atoms with Crippen molar-refractivity contribution in [2.24, 2.45) is 5.92 Å². The molecule has 1 aliphatic heterocycles. The lowest BCUT2D eigenvalue weighted by molar-refractivity contribution is 0.0946. The molecule has 0 saturated carbocycles. The SMILES string of the molecule is CC1CCN(S(=O)(=O)c2ccc(CNC(=O)c3ccccn3)s2)CC1. The van der Waals surface area contributed by atoms with Crippen molar-refractivity contribution in [1.29, 1.82) is 0 Å². The molecule has 1 saturated heterocycles. The molecule has 3 rings (SSSR count). The lowest BCUT2D eigenvalue weighted by atomic mass is 10.0. The average Bonchev–Trinajstić information content (AvgIpc) is 3.11. The standard InChI is InChI=1S/C17H21N3O3S2/c1-13-7-10-20(11-8-13)25(22,23)16-6-5-14(24-16)12-19-17(21)15-4-2-3-9-18-15/h2-6,9,13H,7-8,10-12H2,1H3,(H,19,21). The van der Waals surface area contributed by atoms with Gasteiger partial charge in [-0.1, -0.05) is 13.0 Å². The van der Waals surface area contributed by atoms with Gasteiger partial charge in [0.15, 0.2) is 0 Å². The zero-order valence-electron chi connectivity index (χ0n) is 14.0. The summed E-state index contributed by atoms with van der Waals surface area (Å²) in [7, 11) is -3.43. The highest BCUT2D eigenvalue weighted by Crippen LogP contribution is 2.28. The van der Waals surface area contributed by atoms with E-state index in [0.717, 1.165) is 17.7 Å². The number of rotatable bonds is 5. The molecule has 6 nitrogen and oxygen atoms in total. The Morgan fingerprint density at radius 3 is 2.72 bits per heavy atom. The minimum Gasteiger partial charge on any atom is -0.346 e. The lowest BCUT2D eigenvalue weighted by Crippen LogP contribution is -2.37. The summed E-state index contributed by atoms with van der Waals surface area (Å²) >= 11 is 1.21. The first kappa shape index (κ1) is 18.0. The van der Waals surface area contributed by atoms with Crippen LogP contribution in [0.5, 0.6) is 0 Å². The van der Waals surface area contributed by atoms with Crippen LogP contribution in [0.2, 0.25) is 0 Å². The van der Waals surface area contributed by atoms with Crippen molar-refractivity contribution >= 4 is 27.3 Å². The Morgan fingerprint density at radius 2 is 2.04 bits per heavy atom. The van der Waals surface area contributed by atoms with Crippen LogP contribution in [-0.2, 0) is 16.6 Å². The number of carbonyl (C=O) groups is 1. The van der Waals surface area contributed by atoms with Gasteiger partial charge < -0.3 is 5.32 Å². The Balaban J connectivity index is 1.63. The van der Waals surface area contributed by atoms with Crippen LogP contribution < -0.4 is 5.32 Å². The van der Waals surface area contributed by atoms with Gasteiger partial charge in [0, 0.05) is 24.2 Å². The van der Waals surface area contributed by atoms with Crippen molar-refractivity contribution in [3.05, 3.63) is 47.1 Å². The Hall–Kier alpha value is -1.77. The summed E-state index contributed by atoms with van der Waals surface area (Å²) in [5.41, 5.74) is 0.342. The summed E-state index contributed by atoms with van der Waals surface area (Å²) in [6.45, 7) is 3.59. The highest BCUT2D eigenvalue weighted by atomic mass is 32.2. The molecule has 1 fully saturated rings. The van der Waals surface area contributed by atoms with Crippen molar-refractivity contribution < 1.29 is 13.2 Å². The fourth-order valence-electron chi connectivity index (χ4n) is 2.70. The van der Waals surface area contributed by atoms with E-state index in [2.05, 4.69) is 17.2 Å². The highest BCUT2D eigenvalue weighted by molar-refractivity contribution is 7.91. The first-order valence-corrected chi connectivity index (χ1v) is 10.5. The van der Waals surface area contributed by atoms with Crippen LogP contribution in [-0.4, -0.2) is 36.7 Å². The van der Waals surface area contributed by atoms with Crippen LogP contribution in [0.25, 0.3) is 0 Å². The van der Waals surface area contributed by atoms with Crippen LogP contribution >= 0.6 is 11.3 Å². The Bertz CT molecular complexity index is 826. The fourth-order valence-corrected chi connectivity index (χ4v) is 5.62. The number of hydrogen-bond donors (Lipinski definition) is 1.